The van der Waals surface area contributed by atoms with Crippen LogP contribution in [0, 0.1) is 0 Å². The molecule has 1 fully saturated rings. The van der Waals surface area contributed by atoms with Crippen molar-refractivity contribution in [2.45, 2.75) is 26.3 Å². The molecule has 1 unspecified atom stereocenters. The third-order valence-electron chi connectivity index (χ3n) is 2.65. The third kappa shape index (κ3) is 2.55. The number of ketones is 1. The Hall–Kier alpha value is -1.39. The highest BCUT2D eigenvalue weighted by molar-refractivity contribution is 5.92. The highest BCUT2D eigenvalue weighted by atomic mass is 16.2. The molecule has 1 saturated heterocycles. The highest BCUT2D eigenvalue weighted by Gasteiger charge is 2.31. The van der Waals surface area contributed by atoms with Gasteiger partial charge in [0.2, 0.25) is 11.8 Å². The number of likely N-dealkylation sites (N-methyl/N-ethyl adjacent to an activating group) is 1. The van der Waals surface area contributed by atoms with Gasteiger partial charge in [0, 0.05) is 20.0 Å². The minimum absolute atomic E-state index is 0.0538. The number of nitrogens with zero attached hydrogens (tertiary/aromatic N) is 2. The van der Waals surface area contributed by atoms with E-state index in [4.69, 9.17) is 0 Å². The number of rotatable bonds is 2. The van der Waals surface area contributed by atoms with E-state index < -0.39 is 6.04 Å². The summed E-state index contributed by atoms with van der Waals surface area (Å²) in [5, 5.41) is 0. The Morgan fingerprint density at radius 1 is 1.47 bits per heavy atom. The molecular formula is C10H16N2O3. The van der Waals surface area contributed by atoms with Gasteiger partial charge in [-0.25, -0.2) is 0 Å². The van der Waals surface area contributed by atoms with Gasteiger partial charge in [-0.05, 0) is 13.8 Å². The van der Waals surface area contributed by atoms with Gasteiger partial charge in [0.25, 0.3) is 0 Å². The molecule has 1 aliphatic heterocycles. The van der Waals surface area contributed by atoms with Crippen molar-refractivity contribution in [3.63, 3.8) is 0 Å². The summed E-state index contributed by atoms with van der Waals surface area (Å²) < 4.78 is 0. The van der Waals surface area contributed by atoms with Crippen molar-refractivity contribution in [2.75, 3.05) is 20.1 Å². The van der Waals surface area contributed by atoms with Gasteiger partial charge in [0.15, 0.2) is 0 Å². The van der Waals surface area contributed by atoms with E-state index in [0.717, 1.165) is 0 Å². The number of amides is 2. The van der Waals surface area contributed by atoms with E-state index in [1.54, 1.807) is 14.0 Å². The maximum absolute atomic E-state index is 11.8. The average molecular weight is 212 g/mol. The Balaban J connectivity index is 2.80. The van der Waals surface area contributed by atoms with Crippen LogP contribution >= 0.6 is 0 Å². The zero-order valence-electron chi connectivity index (χ0n) is 9.32. The predicted octanol–water partition coefficient (Wildman–Crippen LogP) is -0.345. The van der Waals surface area contributed by atoms with Crippen molar-refractivity contribution in [2.24, 2.45) is 0 Å². The second kappa shape index (κ2) is 4.42. The monoisotopic (exact) mass is 212 g/mol. The van der Waals surface area contributed by atoms with E-state index in [0.29, 0.717) is 13.0 Å². The Morgan fingerprint density at radius 2 is 2.07 bits per heavy atom. The van der Waals surface area contributed by atoms with Crippen LogP contribution in [-0.4, -0.2) is 53.6 Å². The fourth-order valence-electron chi connectivity index (χ4n) is 1.59. The fraction of sp³-hybridized carbons (Fsp3) is 0.700. The Labute approximate surface area is 89.0 Å². The zero-order chi connectivity index (χ0) is 11.6. The first-order valence-corrected chi connectivity index (χ1v) is 4.97. The Bertz CT molecular complexity index is 301. The van der Waals surface area contributed by atoms with E-state index in [9.17, 15) is 14.4 Å². The average Bonchev–Trinajstić information content (AvgIpc) is 2.25. The van der Waals surface area contributed by atoms with Crippen molar-refractivity contribution in [1.82, 2.24) is 9.80 Å². The van der Waals surface area contributed by atoms with Gasteiger partial charge in [0.1, 0.15) is 11.8 Å². The smallest absolute Gasteiger partial charge is 0.245 e. The van der Waals surface area contributed by atoms with Gasteiger partial charge in [-0.2, -0.15) is 0 Å². The van der Waals surface area contributed by atoms with Gasteiger partial charge in [-0.15, -0.1) is 0 Å². The number of carbonyl (C=O) groups is 3. The first kappa shape index (κ1) is 11.7. The topological polar surface area (TPSA) is 57.7 Å². The molecule has 0 N–H and O–H groups in total. The minimum atomic E-state index is -0.473. The molecule has 0 aromatic rings. The van der Waals surface area contributed by atoms with E-state index in [1.807, 2.05) is 0 Å². The summed E-state index contributed by atoms with van der Waals surface area (Å²) in [7, 11) is 1.61. The Kier molecular flexibility index (Phi) is 3.44. The van der Waals surface area contributed by atoms with Crippen LogP contribution in [-0.2, 0) is 14.4 Å². The minimum Gasteiger partial charge on any atom is -0.334 e. The molecule has 0 aliphatic carbocycles. The summed E-state index contributed by atoms with van der Waals surface area (Å²) in [4.78, 5) is 37.1. The molecule has 1 heterocycles. The van der Waals surface area contributed by atoms with Gasteiger partial charge in [0.05, 0.1) is 6.54 Å². The highest BCUT2D eigenvalue weighted by Crippen LogP contribution is 2.10. The fourth-order valence-corrected chi connectivity index (χ4v) is 1.59. The molecule has 0 aromatic carbocycles. The number of carbonyl (C=O) groups excluding carboxylic acids is 3. The summed E-state index contributed by atoms with van der Waals surface area (Å²) in [6.45, 7) is 3.56. The van der Waals surface area contributed by atoms with Crippen LogP contribution in [0.4, 0.5) is 0 Å². The summed E-state index contributed by atoms with van der Waals surface area (Å²) in [5.74, 6) is -0.270. The van der Waals surface area contributed by atoms with E-state index in [2.05, 4.69) is 0 Å². The van der Waals surface area contributed by atoms with E-state index >= 15 is 0 Å². The largest absolute Gasteiger partial charge is 0.334 e. The summed E-state index contributed by atoms with van der Waals surface area (Å²) in [5.41, 5.74) is 0. The number of hydrogen-bond donors (Lipinski definition) is 0. The molecule has 2 amide bonds. The molecule has 0 saturated carbocycles. The van der Waals surface area contributed by atoms with Crippen molar-refractivity contribution < 1.29 is 14.4 Å². The lowest BCUT2D eigenvalue weighted by Gasteiger charge is -2.24. The first-order valence-electron chi connectivity index (χ1n) is 4.97. The van der Waals surface area contributed by atoms with Crippen LogP contribution in [0.3, 0.4) is 0 Å². The zero-order valence-corrected chi connectivity index (χ0v) is 9.32. The second-order valence-electron chi connectivity index (χ2n) is 3.89. The van der Waals surface area contributed by atoms with Gasteiger partial charge in [-0.3, -0.25) is 14.4 Å². The van der Waals surface area contributed by atoms with Crippen LogP contribution < -0.4 is 0 Å². The molecule has 0 aromatic heterocycles. The van der Waals surface area contributed by atoms with Gasteiger partial charge < -0.3 is 9.80 Å². The van der Waals surface area contributed by atoms with Crippen molar-refractivity contribution in [1.29, 1.82) is 0 Å². The van der Waals surface area contributed by atoms with E-state index in [-0.39, 0.29) is 24.1 Å². The Morgan fingerprint density at radius 3 is 2.60 bits per heavy atom. The SMILES string of the molecule is CC(=O)CN1CCC(=O)N(C)C(C)C1=O. The number of Topliss-reactive ketones (excluding diaryl/α,β-unsaturated/α-hetero) is 1. The molecule has 0 spiro atoms. The van der Waals surface area contributed by atoms with Gasteiger partial charge >= 0.3 is 0 Å². The normalized spacial score (nSPS) is 23.0. The molecule has 1 atom stereocenters. The summed E-state index contributed by atoms with van der Waals surface area (Å²) in [6.07, 6.45) is 0.292. The number of hydrogen-bond acceptors (Lipinski definition) is 3. The molecule has 0 radical (unpaired) electrons. The molecular weight excluding hydrogens is 196 g/mol. The van der Waals surface area contributed by atoms with Crippen LogP contribution in [0.5, 0.6) is 0 Å². The van der Waals surface area contributed by atoms with Crippen molar-refractivity contribution >= 4 is 17.6 Å². The van der Waals surface area contributed by atoms with Crippen molar-refractivity contribution in [3.05, 3.63) is 0 Å². The van der Waals surface area contributed by atoms with Crippen LogP contribution in [0.15, 0.2) is 0 Å². The lowest BCUT2D eigenvalue weighted by Crippen LogP contribution is -2.44. The maximum atomic E-state index is 11.8. The molecule has 84 valence electrons. The van der Waals surface area contributed by atoms with Crippen LogP contribution in [0.25, 0.3) is 0 Å². The van der Waals surface area contributed by atoms with Crippen LogP contribution in [0.2, 0.25) is 0 Å². The maximum Gasteiger partial charge on any atom is 0.245 e. The van der Waals surface area contributed by atoms with Crippen LogP contribution in [0.1, 0.15) is 20.3 Å². The second-order valence-corrected chi connectivity index (χ2v) is 3.89. The molecule has 1 rings (SSSR count). The lowest BCUT2D eigenvalue weighted by molar-refractivity contribution is -0.140. The first-order chi connectivity index (χ1) is 6.93. The predicted molar refractivity (Wildman–Crippen MR) is 54.1 cm³/mol. The summed E-state index contributed by atoms with van der Waals surface area (Å²) >= 11 is 0. The standard InChI is InChI=1S/C10H16N2O3/c1-7(13)6-12-5-4-9(14)11(3)8(2)10(12)15/h8H,4-6H2,1-3H3. The molecule has 0 bridgehead atoms. The molecule has 5 heteroatoms. The third-order valence-corrected chi connectivity index (χ3v) is 2.65. The van der Waals surface area contributed by atoms with Crippen molar-refractivity contribution in [3.8, 4) is 0 Å². The molecule has 5 nitrogen and oxygen atoms in total. The molecule has 1 aliphatic rings. The lowest BCUT2D eigenvalue weighted by atomic mass is 10.2. The molecule has 15 heavy (non-hydrogen) atoms. The van der Waals surface area contributed by atoms with Gasteiger partial charge in [-0.1, -0.05) is 0 Å². The summed E-state index contributed by atoms with van der Waals surface area (Å²) in [6, 6.07) is -0.473. The quantitative estimate of drug-likeness (QED) is 0.629. The van der Waals surface area contributed by atoms with E-state index in [1.165, 1.54) is 16.7 Å².